The fraction of sp³-hybridized carbons (Fsp3) is 0.143. The zero-order valence-electron chi connectivity index (χ0n) is 4.35. The van der Waals surface area contributed by atoms with Crippen molar-refractivity contribution in [2.24, 2.45) is 0 Å². The van der Waals surface area contributed by atoms with Crippen LogP contribution < -0.4 is 0 Å². The van der Waals surface area contributed by atoms with Gasteiger partial charge in [0.15, 0.2) is 6.26 Å². The summed E-state index contributed by atoms with van der Waals surface area (Å²) in [5.74, 6) is 0. The lowest BCUT2D eigenvalue weighted by Gasteiger charge is -1.76. The van der Waals surface area contributed by atoms with Gasteiger partial charge in [-0.3, -0.25) is 0 Å². The predicted molar refractivity (Wildman–Crippen MR) is 30.3 cm³/mol. The first-order chi connectivity index (χ1) is 3.97. The molecule has 1 heteroatoms. The minimum atomic E-state index is 1.02. The molecule has 1 aromatic heterocycles. The van der Waals surface area contributed by atoms with Crippen LogP contribution in [0.5, 0.6) is 0 Å². The molecular weight excluding hydrogens is 100 g/mol. The van der Waals surface area contributed by atoms with Crippen molar-refractivity contribution in [1.82, 2.24) is 0 Å². The first-order valence-electron chi connectivity index (χ1n) is 2.61. The summed E-state index contributed by atoms with van der Waals surface area (Å²) in [7, 11) is 0. The molecule has 2 rings (SSSR count). The van der Waals surface area contributed by atoms with Crippen LogP contribution in [0.3, 0.4) is 0 Å². The molecular formula is C7H5O. The zero-order chi connectivity index (χ0) is 5.40. The van der Waals surface area contributed by atoms with Crippen molar-refractivity contribution in [1.29, 1.82) is 0 Å². The van der Waals surface area contributed by atoms with Gasteiger partial charge in [-0.1, -0.05) is 12.2 Å². The molecule has 39 valence electrons. The highest BCUT2D eigenvalue weighted by atomic mass is 16.3. The van der Waals surface area contributed by atoms with E-state index in [1.54, 1.807) is 6.26 Å². The maximum atomic E-state index is 4.81. The van der Waals surface area contributed by atoms with E-state index in [0.29, 0.717) is 0 Å². The third-order valence-electron chi connectivity index (χ3n) is 1.34. The molecule has 0 amide bonds. The van der Waals surface area contributed by atoms with Gasteiger partial charge in [-0.25, -0.2) is 0 Å². The van der Waals surface area contributed by atoms with Crippen LogP contribution in [-0.2, 0) is 6.42 Å². The van der Waals surface area contributed by atoms with E-state index in [1.807, 2.05) is 6.08 Å². The normalized spacial score (nSPS) is 14.5. The van der Waals surface area contributed by atoms with E-state index in [0.717, 1.165) is 12.0 Å². The molecule has 1 aliphatic carbocycles. The largest absolute Gasteiger partial charge is 0.460 e. The molecule has 0 saturated heterocycles. The van der Waals surface area contributed by atoms with Crippen molar-refractivity contribution < 1.29 is 4.42 Å². The number of furan rings is 1. The summed E-state index contributed by atoms with van der Waals surface area (Å²) in [5, 5.41) is 0. The van der Waals surface area contributed by atoms with Gasteiger partial charge in [0.05, 0.1) is 6.26 Å². The fourth-order valence-corrected chi connectivity index (χ4v) is 0.896. The smallest absolute Gasteiger partial charge is 0.177 e. The standard InChI is InChI=1S/C7H5O/c1-2-6-4-8-5-7(6)3-1/h1-2,5H,3H2. The third kappa shape index (κ3) is 0.360. The Kier molecular flexibility index (Phi) is 0.618. The predicted octanol–water partition coefficient (Wildman–Crippen LogP) is 1.65. The second-order valence-electron chi connectivity index (χ2n) is 1.88. The summed E-state index contributed by atoms with van der Waals surface area (Å²) in [6.45, 7) is 0. The summed E-state index contributed by atoms with van der Waals surface area (Å²) in [6, 6.07) is 0. The van der Waals surface area contributed by atoms with Crippen LogP contribution >= 0.6 is 0 Å². The molecule has 0 saturated carbocycles. The van der Waals surface area contributed by atoms with Gasteiger partial charge in [-0.15, -0.1) is 0 Å². The molecule has 1 aliphatic rings. The van der Waals surface area contributed by atoms with Gasteiger partial charge in [0.2, 0.25) is 0 Å². The number of rotatable bonds is 0. The Balaban J connectivity index is 2.67. The SMILES string of the molecule is [c]1occ2c1C=CC2. The fourth-order valence-electron chi connectivity index (χ4n) is 0.896. The third-order valence-corrected chi connectivity index (χ3v) is 1.34. The first-order valence-corrected chi connectivity index (χ1v) is 2.61. The highest BCUT2D eigenvalue weighted by Gasteiger charge is 2.05. The highest BCUT2D eigenvalue weighted by molar-refractivity contribution is 5.57. The van der Waals surface area contributed by atoms with Crippen LogP contribution in [0.25, 0.3) is 6.08 Å². The molecule has 8 heavy (non-hydrogen) atoms. The lowest BCUT2D eigenvalue weighted by atomic mass is 10.2. The van der Waals surface area contributed by atoms with Crippen molar-refractivity contribution in [3.8, 4) is 0 Å². The zero-order valence-corrected chi connectivity index (χ0v) is 4.35. The Hall–Kier alpha value is -0.980. The van der Waals surface area contributed by atoms with Crippen LogP contribution in [0.4, 0.5) is 0 Å². The maximum Gasteiger partial charge on any atom is 0.177 e. The van der Waals surface area contributed by atoms with Crippen molar-refractivity contribution in [2.75, 3.05) is 0 Å². The minimum absolute atomic E-state index is 1.02. The Morgan fingerprint density at radius 2 is 2.62 bits per heavy atom. The quantitative estimate of drug-likeness (QED) is 0.489. The molecule has 0 aromatic carbocycles. The molecule has 1 heterocycles. The van der Waals surface area contributed by atoms with Crippen molar-refractivity contribution >= 4 is 6.08 Å². The lowest BCUT2D eigenvalue weighted by Crippen LogP contribution is -1.68. The van der Waals surface area contributed by atoms with E-state index in [4.69, 9.17) is 4.42 Å². The van der Waals surface area contributed by atoms with Gasteiger partial charge in [0.25, 0.3) is 0 Å². The minimum Gasteiger partial charge on any atom is -0.460 e. The molecule has 0 N–H and O–H groups in total. The molecule has 0 aliphatic heterocycles. The van der Waals surface area contributed by atoms with Gasteiger partial charge in [-0.2, -0.15) is 0 Å². The van der Waals surface area contributed by atoms with E-state index < -0.39 is 0 Å². The topological polar surface area (TPSA) is 13.1 Å². The second-order valence-corrected chi connectivity index (χ2v) is 1.88. The number of fused-ring (bicyclic) bond motifs is 1. The molecule has 1 nitrogen and oxygen atoms in total. The van der Waals surface area contributed by atoms with E-state index in [9.17, 15) is 0 Å². The van der Waals surface area contributed by atoms with Gasteiger partial charge in [0, 0.05) is 11.1 Å². The van der Waals surface area contributed by atoms with Crippen LogP contribution in [0.2, 0.25) is 0 Å². The average Bonchev–Trinajstić information content (AvgIpc) is 2.15. The molecule has 0 unspecified atom stereocenters. The van der Waals surface area contributed by atoms with E-state index >= 15 is 0 Å². The maximum absolute atomic E-state index is 4.81. The first kappa shape index (κ1) is 3.96. The number of allylic oxidation sites excluding steroid dienone is 1. The lowest BCUT2D eigenvalue weighted by molar-refractivity contribution is 0.555. The Labute approximate surface area is 47.6 Å². The van der Waals surface area contributed by atoms with Gasteiger partial charge >= 0.3 is 0 Å². The average molecular weight is 105 g/mol. The number of hydrogen-bond acceptors (Lipinski definition) is 1. The van der Waals surface area contributed by atoms with Crippen molar-refractivity contribution in [2.45, 2.75) is 6.42 Å². The van der Waals surface area contributed by atoms with Crippen LogP contribution in [-0.4, -0.2) is 0 Å². The van der Waals surface area contributed by atoms with E-state index in [1.165, 1.54) is 5.56 Å². The molecule has 1 radical (unpaired) electrons. The highest BCUT2D eigenvalue weighted by Crippen LogP contribution is 2.18. The summed E-state index contributed by atoms with van der Waals surface area (Å²) >= 11 is 0. The Bertz CT molecular complexity index is 220. The molecule has 0 spiro atoms. The molecule has 0 atom stereocenters. The van der Waals surface area contributed by atoms with Crippen LogP contribution in [0, 0.1) is 6.26 Å². The Morgan fingerprint density at radius 1 is 1.62 bits per heavy atom. The van der Waals surface area contributed by atoms with Crippen molar-refractivity contribution in [3.05, 3.63) is 29.7 Å². The van der Waals surface area contributed by atoms with E-state index in [-0.39, 0.29) is 0 Å². The summed E-state index contributed by atoms with van der Waals surface area (Å²) < 4.78 is 4.81. The summed E-state index contributed by atoms with van der Waals surface area (Å²) in [5.41, 5.74) is 2.37. The van der Waals surface area contributed by atoms with Gasteiger partial charge < -0.3 is 4.42 Å². The molecule has 1 aromatic rings. The number of hydrogen-bond donors (Lipinski definition) is 0. The second kappa shape index (κ2) is 1.25. The van der Waals surface area contributed by atoms with Crippen molar-refractivity contribution in [3.63, 3.8) is 0 Å². The Morgan fingerprint density at radius 3 is 3.50 bits per heavy atom. The van der Waals surface area contributed by atoms with Gasteiger partial charge in [0.1, 0.15) is 0 Å². The van der Waals surface area contributed by atoms with E-state index in [2.05, 4.69) is 12.3 Å². The van der Waals surface area contributed by atoms with Gasteiger partial charge in [-0.05, 0) is 6.42 Å². The summed E-state index contributed by atoms with van der Waals surface area (Å²) in [6.07, 6.45) is 9.65. The summed E-state index contributed by atoms with van der Waals surface area (Å²) in [4.78, 5) is 0. The molecule has 0 fully saturated rings. The monoisotopic (exact) mass is 105 g/mol. The van der Waals surface area contributed by atoms with Crippen LogP contribution in [0.15, 0.2) is 16.8 Å². The molecule has 0 bridgehead atoms. The van der Waals surface area contributed by atoms with Crippen LogP contribution in [0.1, 0.15) is 11.1 Å².